The van der Waals surface area contributed by atoms with Gasteiger partial charge in [-0.15, -0.1) is 0 Å². The summed E-state index contributed by atoms with van der Waals surface area (Å²) in [6.45, 7) is 4.12. The van der Waals surface area contributed by atoms with Crippen molar-refractivity contribution >= 4 is 45.3 Å². The van der Waals surface area contributed by atoms with E-state index in [1.165, 1.54) is 69.0 Å². The predicted molar refractivity (Wildman–Crippen MR) is 205 cm³/mol. The third-order valence-electron chi connectivity index (χ3n) is 10.3. The van der Waals surface area contributed by atoms with Crippen molar-refractivity contribution in [2.75, 3.05) is 12.5 Å². The summed E-state index contributed by atoms with van der Waals surface area (Å²) in [5, 5.41) is 12.7. The standard InChI is InChI=1S/C21H22FNS.C11H13FO.C10H11NS/c1-21(15-6-7-15,16-8-10-17(22)11-9-16)19-12-23-20-14(13-24-2)4-3-5-18(19)20;1-11(13,8-2-3-8)9-4-6-10(12)7-5-9;1-12-7-9-4-2-3-8-5-6-11-10(8)9/h3-5,8-12,15,23H,6-7,13H2,1-2H3;4-8,13H,2-3H2,1H3;2-6,11H,7H2,1H3. The molecule has 2 aromatic heterocycles. The highest BCUT2D eigenvalue weighted by atomic mass is 32.2. The zero-order valence-corrected chi connectivity index (χ0v) is 30.4. The first kappa shape index (κ1) is 35.3. The molecule has 7 heteroatoms. The smallest absolute Gasteiger partial charge is 0.123 e. The van der Waals surface area contributed by atoms with Gasteiger partial charge in [0.1, 0.15) is 11.6 Å². The van der Waals surface area contributed by atoms with Crippen LogP contribution in [0.1, 0.15) is 67.3 Å². The fourth-order valence-corrected chi connectivity index (χ4v) is 8.19. The lowest BCUT2D eigenvalue weighted by atomic mass is 9.72. The molecule has 0 amide bonds. The molecular weight excluding hydrogens is 651 g/mol. The van der Waals surface area contributed by atoms with Crippen LogP contribution >= 0.6 is 23.5 Å². The summed E-state index contributed by atoms with van der Waals surface area (Å²) >= 11 is 3.69. The molecule has 0 saturated heterocycles. The van der Waals surface area contributed by atoms with Crippen molar-refractivity contribution in [3.05, 3.63) is 143 Å². The van der Waals surface area contributed by atoms with Crippen LogP contribution in [-0.4, -0.2) is 27.6 Å². The number of hydrogen-bond acceptors (Lipinski definition) is 3. The van der Waals surface area contributed by atoms with Crippen LogP contribution in [0, 0.1) is 23.5 Å². The van der Waals surface area contributed by atoms with E-state index in [0.29, 0.717) is 11.8 Å². The molecule has 2 aliphatic rings. The minimum atomic E-state index is -0.770. The maximum absolute atomic E-state index is 13.4. The van der Waals surface area contributed by atoms with Crippen molar-refractivity contribution in [2.45, 2.75) is 62.1 Å². The SMILES string of the molecule is CC(O)(c1ccc(F)cc1)C1CC1.CSCc1cccc2c(C(C)(c3ccc(F)cc3)C3CC3)c[nH]c12.CSCc1cccc2cc[nH]c12. The monoisotopic (exact) mass is 696 g/mol. The van der Waals surface area contributed by atoms with Crippen LogP contribution < -0.4 is 0 Å². The number of benzene rings is 4. The Labute approximate surface area is 297 Å². The van der Waals surface area contributed by atoms with Crippen LogP contribution in [0.15, 0.2) is 103 Å². The van der Waals surface area contributed by atoms with Crippen LogP contribution in [0.2, 0.25) is 0 Å². The Balaban J connectivity index is 0.000000140. The van der Waals surface area contributed by atoms with E-state index >= 15 is 0 Å². The molecule has 0 bridgehead atoms. The Kier molecular flexibility index (Phi) is 10.9. The largest absolute Gasteiger partial charge is 0.385 e. The van der Waals surface area contributed by atoms with E-state index in [1.807, 2.05) is 41.9 Å². The Morgan fingerprint density at radius 1 is 0.673 bits per heavy atom. The van der Waals surface area contributed by atoms with Gasteiger partial charge in [0.05, 0.1) is 5.60 Å². The van der Waals surface area contributed by atoms with E-state index in [4.69, 9.17) is 0 Å². The number of aliphatic hydroxyl groups is 1. The maximum atomic E-state index is 13.4. The average molecular weight is 697 g/mol. The van der Waals surface area contributed by atoms with Gasteiger partial charge in [-0.3, -0.25) is 0 Å². The van der Waals surface area contributed by atoms with Gasteiger partial charge < -0.3 is 15.1 Å². The number of halogens is 2. The molecular formula is C42H46F2N2OS2. The van der Waals surface area contributed by atoms with Crippen molar-refractivity contribution in [2.24, 2.45) is 11.8 Å². The summed E-state index contributed by atoms with van der Waals surface area (Å²) in [5.74, 6) is 2.66. The number of nitrogens with one attached hydrogen (secondary N) is 2. The van der Waals surface area contributed by atoms with Crippen LogP contribution in [0.3, 0.4) is 0 Å². The van der Waals surface area contributed by atoms with Gasteiger partial charge in [-0.2, -0.15) is 23.5 Å². The van der Waals surface area contributed by atoms with Gasteiger partial charge in [0, 0.05) is 45.7 Å². The second-order valence-corrected chi connectivity index (χ2v) is 15.4. The molecule has 0 aliphatic heterocycles. The Morgan fingerprint density at radius 2 is 1.22 bits per heavy atom. The van der Waals surface area contributed by atoms with E-state index in [0.717, 1.165) is 29.9 Å². The van der Waals surface area contributed by atoms with Gasteiger partial charge in [-0.1, -0.05) is 67.6 Å². The van der Waals surface area contributed by atoms with Crippen molar-refractivity contribution in [1.29, 1.82) is 0 Å². The zero-order valence-electron chi connectivity index (χ0n) is 28.7. The van der Waals surface area contributed by atoms with Gasteiger partial charge in [-0.05, 0) is 120 Å². The highest BCUT2D eigenvalue weighted by Gasteiger charge is 2.45. The molecule has 2 heterocycles. The van der Waals surface area contributed by atoms with Crippen molar-refractivity contribution < 1.29 is 13.9 Å². The topological polar surface area (TPSA) is 51.8 Å². The molecule has 3 N–H and O–H groups in total. The lowest BCUT2D eigenvalue weighted by Gasteiger charge is -2.30. The molecule has 2 atom stereocenters. The number of thioether (sulfide) groups is 2. The summed E-state index contributed by atoms with van der Waals surface area (Å²) in [7, 11) is 0. The number of aromatic nitrogens is 2. The highest BCUT2D eigenvalue weighted by Crippen LogP contribution is 2.53. The predicted octanol–water partition coefficient (Wildman–Crippen LogP) is 11.4. The van der Waals surface area contributed by atoms with E-state index in [9.17, 15) is 13.9 Å². The summed E-state index contributed by atoms with van der Waals surface area (Å²) < 4.78 is 26.0. The lowest BCUT2D eigenvalue weighted by molar-refractivity contribution is 0.0330. The fraction of sp³-hybridized carbons (Fsp3) is 0.333. The molecule has 49 heavy (non-hydrogen) atoms. The summed E-state index contributed by atoms with van der Waals surface area (Å²) in [5.41, 5.74) is 7.81. The van der Waals surface area contributed by atoms with Gasteiger partial charge >= 0.3 is 0 Å². The molecule has 256 valence electrons. The van der Waals surface area contributed by atoms with Crippen molar-refractivity contribution in [3.63, 3.8) is 0 Å². The highest BCUT2D eigenvalue weighted by molar-refractivity contribution is 7.98. The molecule has 4 aromatic carbocycles. The molecule has 2 saturated carbocycles. The van der Waals surface area contributed by atoms with Gasteiger partial charge in [0.15, 0.2) is 0 Å². The Hall–Kier alpha value is -3.52. The first-order valence-electron chi connectivity index (χ1n) is 17.0. The molecule has 0 spiro atoms. The lowest BCUT2D eigenvalue weighted by Crippen LogP contribution is -2.26. The molecule has 6 aromatic rings. The van der Waals surface area contributed by atoms with E-state index < -0.39 is 5.60 Å². The first-order valence-corrected chi connectivity index (χ1v) is 19.8. The molecule has 8 rings (SSSR count). The van der Waals surface area contributed by atoms with Crippen molar-refractivity contribution in [3.8, 4) is 0 Å². The maximum Gasteiger partial charge on any atom is 0.123 e. The van der Waals surface area contributed by atoms with Crippen LogP contribution in [0.25, 0.3) is 21.8 Å². The zero-order chi connectivity index (χ0) is 34.6. The van der Waals surface area contributed by atoms with E-state index in [2.05, 4.69) is 78.1 Å². The third-order valence-corrected chi connectivity index (χ3v) is 11.5. The van der Waals surface area contributed by atoms with Crippen molar-refractivity contribution in [1.82, 2.24) is 9.97 Å². The number of para-hydroxylation sites is 2. The second-order valence-electron chi connectivity index (χ2n) is 13.7. The van der Waals surface area contributed by atoms with Gasteiger partial charge in [0.25, 0.3) is 0 Å². The van der Waals surface area contributed by atoms with E-state index in [-0.39, 0.29) is 17.0 Å². The number of rotatable bonds is 9. The molecule has 2 aliphatic carbocycles. The number of H-pyrrole nitrogens is 2. The minimum absolute atomic E-state index is 0.0655. The molecule has 2 unspecified atom stereocenters. The number of hydrogen-bond donors (Lipinski definition) is 3. The minimum Gasteiger partial charge on any atom is -0.385 e. The molecule has 0 radical (unpaired) electrons. The van der Waals surface area contributed by atoms with Crippen LogP contribution in [0.5, 0.6) is 0 Å². The second kappa shape index (κ2) is 15.2. The van der Waals surface area contributed by atoms with Gasteiger partial charge in [-0.25, -0.2) is 8.78 Å². The summed E-state index contributed by atoms with van der Waals surface area (Å²) in [6, 6.07) is 28.3. The quantitative estimate of drug-likeness (QED) is 0.141. The van der Waals surface area contributed by atoms with E-state index in [1.54, 1.807) is 31.2 Å². The summed E-state index contributed by atoms with van der Waals surface area (Å²) in [6.07, 6.45) is 13.1. The van der Waals surface area contributed by atoms with Gasteiger partial charge in [0.2, 0.25) is 0 Å². The normalized spacial score (nSPS) is 16.6. The molecule has 3 nitrogen and oxygen atoms in total. The fourth-order valence-electron chi connectivity index (χ4n) is 7.08. The van der Waals surface area contributed by atoms with Crippen LogP contribution in [-0.2, 0) is 22.5 Å². The van der Waals surface area contributed by atoms with Crippen LogP contribution in [0.4, 0.5) is 8.78 Å². The molecule has 2 fully saturated rings. The Morgan fingerprint density at radius 3 is 1.80 bits per heavy atom. The number of fused-ring (bicyclic) bond motifs is 2. The average Bonchev–Trinajstić information content (AvgIpc) is 4.04. The third kappa shape index (κ3) is 7.79. The number of aromatic amines is 2. The Bertz CT molecular complexity index is 1970. The first-order chi connectivity index (χ1) is 23.7. The summed E-state index contributed by atoms with van der Waals surface area (Å²) in [4.78, 5) is 6.78.